The van der Waals surface area contributed by atoms with Crippen molar-refractivity contribution in [2.24, 2.45) is 0 Å². The van der Waals surface area contributed by atoms with E-state index < -0.39 is 5.82 Å². The lowest BCUT2D eigenvalue weighted by Gasteiger charge is -2.08. The summed E-state index contributed by atoms with van der Waals surface area (Å²) in [5, 5.41) is 2.71. The first kappa shape index (κ1) is 13.9. The highest BCUT2D eigenvalue weighted by atomic mass is 19.1. The Hall–Kier alpha value is -2.50. The first-order valence-electron chi connectivity index (χ1n) is 5.94. The molecule has 104 valence electrons. The second-order valence-corrected chi connectivity index (χ2v) is 3.89. The maximum Gasteiger partial charge on any atom is 0.318 e. The standard InChI is InChI=1S/C14H13F2N3O/c1-2-7-20-14-18-9-12(16)13(19-14)17-8-10-5-3-4-6-11(10)15/h2-6,9H,1,7-8H2,(H,17,18,19). The first-order valence-corrected chi connectivity index (χ1v) is 5.94. The van der Waals surface area contributed by atoms with Crippen LogP contribution < -0.4 is 10.1 Å². The zero-order valence-electron chi connectivity index (χ0n) is 10.6. The molecular formula is C14H13F2N3O. The Morgan fingerprint density at radius 2 is 2.05 bits per heavy atom. The summed E-state index contributed by atoms with van der Waals surface area (Å²) in [6.45, 7) is 3.82. The van der Waals surface area contributed by atoms with Gasteiger partial charge in [-0.15, -0.1) is 0 Å². The lowest BCUT2D eigenvalue weighted by Crippen LogP contribution is -2.07. The number of nitrogens with one attached hydrogen (secondary N) is 1. The Labute approximate surface area is 115 Å². The average molecular weight is 277 g/mol. The van der Waals surface area contributed by atoms with Gasteiger partial charge in [-0.2, -0.15) is 4.98 Å². The molecule has 0 saturated carbocycles. The highest BCUT2D eigenvalue weighted by Crippen LogP contribution is 2.15. The van der Waals surface area contributed by atoms with Crippen LogP contribution in [0.1, 0.15) is 5.56 Å². The van der Waals surface area contributed by atoms with Crippen molar-refractivity contribution in [1.82, 2.24) is 9.97 Å². The molecule has 0 atom stereocenters. The van der Waals surface area contributed by atoms with Crippen LogP contribution in [0.3, 0.4) is 0 Å². The SMILES string of the molecule is C=CCOc1ncc(F)c(NCc2ccccc2F)n1. The third-order valence-electron chi connectivity index (χ3n) is 2.46. The summed E-state index contributed by atoms with van der Waals surface area (Å²) in [5.41, 5.74) is 0.416. The van der Waals surface area contributed by atoms with Gasteiger partial charge < -0.3 is 10.1 Å². The van der Waals surface area contributed by atoms with Crippen molar-refractivity contribution in [3.05, 3.63) is 60.3 Å². The van der Waals surface area contributed by atoms with E-state index in [-0.39, 0.29) is 30.8 Å². The largest absolute Gasteiger partial charge is 0.459 e. The van der Waals surface area contributed by atoms with Crippen molar-refractivity contribution in [2.75, 3.05) is 11.9 Å². The van der Waals surface area contributed by atoms with E-state index >= 15 is 0 Å². The summed E-state index contributed by atoms with van der Waals surface area (Å²) in [4.78, 5) is 7.54. The number of benzene rings is 1. The van der Waals surface area contributed by atoms with Crippen molar-refractivity contribution < 1.29 is 13.5 Å². The van der Waals surface area contributed by atoms with E-state index in [1.807, 2.05) is 0 Å². The Morgan fingerprint density at radius 3 is 2.80 bits per heavy atom. The molecule has 1 aromatic carbocycles. The number of halogens is 2. The highest BCUT2D eigenvalue weighted by Gasteiger charge is 2.08. The maximum absolute atomic E-state index is 13.5. The van der Waals surface area contributed by atoms with E-state index in [1.165, 1.54) is 12.1 Å². The fourth-order valence-corrected chi connectivity index (χ4v) is 1.50. The third-order valence-corrected chi connectivity index (χ3v) is 2.46. The van der Waals surface area contributed by atoms with Gasteiger partial charge in [0, 0.05) is 12.1 Å². The molecular weight excluding hydrogens is 264 g/mol. The van der Waals surface area contributed by atoms with Crippen LogP contribution in [0.2, 0.25) is 0 Å². The van der Waals surface area contributed by atoms with Gasteiger partial charge in [-0.3, -0.25) is 0 Å². The Morgan fingerprint density at radius 1 is 1.25 bits per heavy atom. The number of ether oxygens (including phenoxy) is 1. The van der Waals surface area contributed by atoms with Crippen LogP contribution in [-0.4, -0.2) is 16.6 Å². The van der Waals surface area contributed by atoms with E-state index in [9.17, 15) is 8.78 Å². The summed E-state index contributed by atoms with van der Waals surface area (Å²) >= 11 is 0. The lowest BCUT2D eigenvalue weighted by atomic mass is 10.2. The molecule has 0 aliphatic rings. The van der Waals surface area contributed by atoms with Gasteiger partial charge in [-0.25, -0.2) is 13.8 Å². The van der Waals surface area contributed by atoms with E-state index in [1.54, 1.807) is 18.2 Å². The van der Waals surface area contributed by atoms with Crippen LogP contribution in [0, 0.1) is 11.6 Å². The molecule has 1 N–H and O–H groups in total. The van der Waals surface area contributed by atoms with Crippen LogP contribution in [0.15, 0.2) is 43.1 Å². The predicted octanol–water partition coefficient (Wildman–Crippen LogP) is 2.93. The van der Waals surface area contributed by atoms with Crippen molar-refractivity contribution in [2.45, 2.75) is 6.54 Å². The van der Waals surface area contributed by atoms with Crippen LogP contribution in [0.5, 0.6) is 6.01 Å². The van der Waals surface area contributed by atoms with Crippen molar-refractivity contribution >= 4 is 5.82 Å². The second kappa shape index (κ2) is 6.60. The number of hydrogen-bond acceptors (Lipinski definition) is 4. The molecule has 0 spiro atoms. The normalized spacial score (nSPS) is 10.1. The topological polar surface area (TPSA) is 47.0 Å². The first-order chi connectivity index (χ1) is 9.70. The minimum absolute atomic E-state index is 0.0299. The van der Waals surface area contributed by atoms with Gasteiger partial charge in [-0.05, 0) is 6.07 Å². The number of anilines is 1. The molecule has 0 saturated heterocycles. The molecule has 2 rings (SSSR count). The second-order valence-electron chi connectivity index (χ2n) is 3.89. The summed E-state index contributed by atoms with van der Waals surface area (Å²) < 4.78 is 32.1. The van der Waals surface area contributed by atoms with Gasteiger partial charge >= 0.3 is 6.01 Å². The lowest BCUT2D eigenvalue weighted by molar-refractivity contribution is 0.332. The average Bonchev–Trinajstić information content (AvgIpc) is 2.46. The molecule has 0 aliphatic carbocycles. The zero-order valence-corrected chi connectivity index (χ0v) is 10.6. The van der Waals surface area contributed by atoms with E-state index in [0.29, 0.717) is 5.56 Å². The van der Waals surface area contributed by atoms with Crippen LogP contribution in [-0.2, 0) is 6.54 Å². The molecule has 4 nitrogen and oxygen atoms in total. The molecule has 6 heteroatoms. The number of nitrogens with zero attached hydrogens (tertiary/aromatic N) is 2. The molecule has 0 fully saturated rings. The van der Waals surface area contributed by atoms with Crippen LogP contribution in [0.4, 0.5) is 14.6 Å². The van der Waals surface area contributed by atoms with Crippen molar-refractivity contribution in [3.63, 3.8) is 0 Å². The molecule has 0 unspecified atom stereocenters. The fourth-order valence-electron chi connectivity index (χ4n) is 1.50. The van der Waals surface area contributed by atoms with Gasteiger partial charge in [0.25, 0.3) is 0 Å². The molecule has 0 amide bonds. The summed E-state index contributed by atoms with van der Waals surface area (Å²) in [5.74, 6) is -1.03. The molecule has 2 aromatic rings. The monoisotopic (exact) mass is 277 g/mol. The minimum atomic E-state index is -0.632. The van der Waals surface area contributed by atoms with Gasteiger partial charge in [0.05, 0.1) is 6.20 Å². The Kier molecular flexibility index (Phi) is 4.60. The summed E-state index contributed by atoms with van der Waals surface area (Å²) in [7, 11) is 0. The van der Waals surface area contributed by atoms with E-state index in [2.05, 4.69) is 21.9 Å². The smallest absolute Gasteiger partial charge is 0.318 e. The van der Waals surface area contributed by atoms with Gasteiger partial charge in [-0.1, -0.05) is 30.9 Å². The minimum Gasteiger partial charge on any atom is -0.459 e. The fraction of sp³-hybridized carbons (Fsp3) is 0.143. The quantitative estimate of drug-likeness (QED) is 0.825. The van der Waals surface area contributed by atoms with Crippen LogP contribution in [0.25, 0.3) is 0 Å². The molecule has 0 radical (unpaired) electrons. The Bertz CT molecular complexity index is 605. The van der Waals surface area contributed by atoms with Gasteiger partial charge in [0.2, 0.25) is 0 Å². The van der Waals surface area contributed by atoms with Gasteiger partial charge in [0.15, 0.2) is 11.6 Å². The molecule has 0 aliphatic heterocycles. The molecule has 1 heterocycles. The predicted molar refractivity (Wildman–Crippen MR) is 71.4 cm³/mol. The van der Waals surface area contributed by atoms with Gasteiger partial charge in [0.1, 0.15) is 12.4 Å². The third kappa shape index (κ3) is 3.50. The van der Waals surface area contributed by atoms with E-state index in [4.69, 9.17) is 4.74 Å². The van der Waals surface area contributed by atoms with E-state index in [0.717, 1.165) is 6.20 Å². The number of hydrogen-bond donors (Lipinski definition) is 1. The summed E-state index contributed by atoms with van der Waals surface area (Å²) in [6.07, 6.45) is 2.52. The maximum atomic E-state index is 13.5. The van der Waals surface area contributed by atoms with Crippen molar-refractivity contribution in [3.8, 4) is 6.01 Å². The molecule has 0 bridgehead atoms. The van der Waals surface area contributed by atoms with Crippen molar-refractivity contribution in [1.29, 1.82) is 0 Å². The number of rotatable bonds is 6. The summed E-state index contributed by atoms with van der Waals surface area (Å²) in [6, 6.07) is 6.27. The number of aromatic nitrogens is 2. The molecule has 1 aromatic heterocycles. The van der Waals surface area contributed by atoms with Crippen LogP contribution >= 0.6 is 0 Å². The zero-order chi connectivity index (χ0) is 14.4. The Balaban J connectivity index is 2.08. The molecule has 20 heavy (non-hydrogen) atoms. The highest BCUT2D eigenvalue weighted by molar-refractivity contribution is 5.37.